The second-order valence-corrected chi connectivity index (χ2v) is 6.14. The molecular formula is C15H22N2O4S. The second-order valence-electron chi connectivity index (χ2n) is 5.04. The fourth-order valence-electron chi connectivity index (χ4n) is 2.35. The van der Waals surface area contributed by atoms with Gasteiger partial charge in [0.2, 0.25) is 0 Å². The average Bonchev–Trinajstić information content (AvgIpc) is 3.02. The highest BCUT2D eigenvalue weighted by Crippen LogP contribution is 2.34. The number of carbonyl (C=O) groups is 1. The maximum absolute atomic E-state index is 12.1. The van der Waals surface area contributed by atoms with E-state index in [9.17, 15) is 4.79 Å². The van der Waals surface area contributed by atoms with E-state index in [1.54, 1.807) is 32.4 Å². The molecule has 1 fully saturated rings. The van der Waals surface area contributed by atoms with Crippen LogP contribution < -0.4 is 20.1 Å². The van der Waals surface area contributed by atoms with E-state index in [0.29, 0.717) is 23.7 Å². The van der Waals surface area contributed by atoms with Crippen LogP contribution in [0.3, 0.4) is 0 Å². The molecule has 0 saturated carbocycles. The number of hydrogen-bond acceptors (Lipinski definition) is 5. The Hall–Kier alpha value is -1.60. The van der Waals surface area contributed by atoms with Crippen LogP contribution in [0.15, 0.2) is 18.2 Å². The number of hydrogen-bond donors (Lipinski definition) is 2. The Morgan fingerprint density at radius 1 is 1.32 bits per heavy atom. The largest absolute Gasteiger partial charge is 0.493 e. The van der Waals surface area contributed by atoms with E-state index in [0.717, 1.165) is 17.9 Å². The van der Waals surface area contributed by atoms with E-state index in [1.807, 2.05) is 11.8 Å². The summed E-state index contributed by atoms with van der Waals surface area (Å²) in [6.07, 6.45) is 0.941. The summed E-state index contributed by atoms with van der Waals surface area (Å²) < 4.78 is 16.1. The van der Waals surface area contributed by atoms with Crippen molar-refractivity contribution in [3.63, 3.8) is 0 Å². The van der Waals surface area contributed by atoms with Crippen LogP contribution in [0.1, 0.15) is 6.42 Å². The summed E-state index contributed by atoms with van der Waals surface area (Å²) in [7, 11) is 4.79. The van der Waals surface area contributed by atoms with Gasteiger partial charge in [-0.2, -0.15) is 11.8 Å². The van der Waals surface area contributed by atoms with Gasteiger partial charge >= 0.3 is 6.03 Å². The predicted octanol–water partition coefficient (Wildman–Crippen LogP) is 2.35. The summed E-state index contributed by atoms with van der Waals surface area (Å²) in [5.74, 6) is 3.02. The van der Waals surface area contributed by atoms with Crippen molar-refractivity contribution in [1.82, 2.24) is 5.32 Å². The molecular weight excluding hydrogens is 304 g/mol. The van der Waals surface area contributed by atoms with Crippen molar-refractivity contribution in [3.8, 4) is 11.5 Å². The van der Waals surface area contributed by atoms with Crippen molar-refractivity contribution in [2.24, 2.45) is 0 Å². The number of anilines is 1. The van der Waals surface area contributed by atoms with Crippen molar-refractivity contribution in [3.05, 3.63) is 18.2 Å². The minimum atomic E-state index is -0.292. The minimum absolute atomic E-state index is 0.263. The zero-order valence-corrected chi connectivity index (χ0v) is 13.9. The third-order valence-electron chi connectivity index (χ3n) is 3.72. The van der Waals surface area contributed by atoms with Crippen LogP contribution in [-0.4, -0.2) is 51.0 Å². The molecule has 0 aromatic heterocycles. The van der Waals surface area contributed by atoms with Crippen molar-refractivity contribution in [2.75, 3.05) is 44.7 Å². The first-order chi connectivity index (χ1) is 10.6. The van der Waals surface area contributed by atoms with Gasteiger partial charge in [-0.3, -0.25) is 0 Å². The lowest BCUT2D eigenvalue weighted by Gasteiger charge is -2.26. The lowest BCUT2D eigenvalue weighted by molar-refractivity contribution is 0.0161. The van der Waals surface area contributed by atoms with Gasteiger partial charge in [0.05, 0.1) is 25.5 Å². The zero-order chi connectivity index (χ0) is 16.0. The van der Waals surface area contributed by atoms with Crippen LogP contribution in [-0.2, 0) is 4.74 Å². The lowest BCUT2D eigenvalue weighted by atomic mass is 10.0. The van der Waals surface area contributed by atoms with Crippen LogP contribution in [0.25, 0.3) is 0 Å². The quantitative estimate of drug-likeness (QED) is 0.840. The number of thioether (sulfide) groups is 1. The normalized spacial score (nSPS) is 20.5. The fourth-order valence-corrected chi connectivity index (χ4v) is 3.75. The van der Waals surface area contributed by atoms with Crippen molar-refractivity contribution < 1.29 is 19.0 Å². The molecule has 2 rings (SSSR count). The number of para-hydroxylation sites is 1. The van der Waals surface area contributed by atoms with Gasteiger partial charge in [-0.15, -0.1) is 0 Å². The third-order valence-corrected chi connectivity index (χ3v) is 4.95. The maximum atomic E-state index is 12.1. The van der Waals surface area contributed by atoms with Gasteiger partial charge in [0.25, 0.3) is 0 Å². The summed E-state index contributed by atoms with van der Waals surface area (Å²) in [6.45, 7) is 0.481. The van der Waals surface area contributed by atoms with Gasteiger partial charge in [-0.25, -0.2) is 4.79 Å². The predicted molar refractivity (Wildman–Crippen MR) is 88.2 cm³/mol. The molecule has 1 atom stereocenters. The Balaban J connectivity index is 1.97. The molecule has 1 aliphatic rings. The van der Waals surface area contributed by atoms with Crippen LogP contribution in [0.4, 0.5) is 10.5 Å². The second kappa shape index (κ2) is 7.60. The summed E-state index contributed by atoms with van der Waals surface area (Å²) in [4.78, 5) is 12.1. The van der Waals surface area contributed by atoms with Crippen LogP contribution in [0.5, 0.6) is 11.5 Å². The number of methoxy groups -OCH3 is 3. The number of nitrogens with one attached hydrogen (secondary N) is 2. The number of ether oxygens (including phenoxy) is 3. The van der Waals surface area contributed by atoms with Crippen LogP contribution in [0, 0.1) is 0 Å². The number of urea groups is 1. The number of benzene rings is 1. The molecule has 22 heavy (non-hydrogen) atoms. The molecule has 1 aliphatic heterocycles. The molecule has 1 unspecified atom stereocenters. The molecule has 2 N–H and O–H groups in total. The Kier molecular flexibility index (Phi) is 5.79. The van der Waals surface area contributed by atoms with Gasteiger partial charge in [-0.1, -0.05) is 6.07 Å². The summed E-state index contributed by atoms with van der Waals surface area (Å²) in [5, 5.41) is 5.65. The number of amides is 2. The Morgan fingerprint density at radius 2 is 2.14 bits per heavy atom. The Bertz CT molecular complexity index is 518. The lowest BCUT2D eigenvalue weighted by Crippen LogP contribution is -2.45. The molecule has 1 heterocycles. The SMILES string of the molecule is COc1cccc(NC(=O)NCC2(OC)CCSC2)c1OC. The first-order valence-electron chi connectivity index (χ1n) is 7.03. The highest BCUT2D eigenvalue weighted by Gasteiger charge is 2.34. The number of carbonyl (C=O) groups excluding carboxylic acids is 1. The first kappa shape index (κ1) is 16.8. The third kappa shape index (κ3) is 3.78. The van der Waals surface area contributed by atoms with E-state index >= 15 is 0 Å². The first-order valence-corrected chi connectivity index (χ1v) is 8.18. The molecule has 2 amide bonds. The van der Waals surface area contributed by atoms with Crippen LogP contribution in [0.2, 0.25) is 0 Å². The molecule has 7 heteroatoms. The zero-order valence-electron chi connectivity index (χ0n) is 13.1. The molecule has 6 nitrogen and oxygen atoms in total. The van der Waals surface area contributed by atoms with Crippen molar-refractivity contribution >= 4 is 23.5 Å². The van der Waals surface area contributed by atoms with Gasteiger partial charge in [-0.05, 0) is 24.3 Å². The van der Waals surface area contributed by atoms with E-state index < -0.39 is 0 Å². The molecule has 0 spiro atoms. The van der Waals surface area contributed by atoms with E-state index in [4.69, 9.17) is 14.2 Å². The van der Waals surface area contributed by atoms with Crippen molar-refractivity contribution in [1.29, 1.82) is 0 Å². The van der Waals surface area contributed by atoms with E-state index in [-0.39, 0.29) is 11.6 Å². The summed E-state index contributed by atoms with van der Waals surface area (Å²) >= 11 is 1.84. The van der Waals surface area contributed by atoms with Gasteiger partial charge in [0.15, 0.2) is 11.5 Å². The average molecular weight is 326 g/mol. The van der Waals surface area contributed by atoms with Crippen molar-refractivity contribution in [2.45, 2.75) is 12.0 Å². The van der Waals surface area contributed by atoms with E-state index in [1.165, 1.54) is 7.11 Å². The van der Waals surface area contributed by atoms with Gasteiger partial charge in [0.1, 0.15) is 0 Å². The summed E-state index contributed by atoms with van der Waals surface area (Å²) in [6, 6.07) is 5.04. The monoisotopic (exact) mass is 326 g/mol. The standard InChI is InChI=1S/C15H22N2O4S/c1-19-12-6-4-5-11(13(12)20-2)17-14(18)16-9-15(21-3)7-8-22-10-15/h4-6H,7-10H2,1-3H3,(H2,16,17,18). The minimum Gasteiger partial charge on any atom is -0.493 e. The van der Waals surface area contributed by atoms with Gasteiger partial charge < -0.3 is 24.8 Å². The molecule has 0 aliphatic carbocycles. The topological polar surface area (TPSA) is 68.8 Å². The molecule has 0 radical (unpaired) electrons. The molecule has 1 aromatic carbocycles. The molecule has 1 aromatic rings. The Morgan fingerprint density at radius 3 is 2.73 bits per heavy atom. The highest BCUT2D eigenvalue weighted by atomic mass is 32.2. The van der Waals surface area contributed by atoms with Gasteiger partial charge in [0, 0.05) is 19.4 Å². The highest BCUT2D eigenvalue weighted by molar-refractivity contribution is 7.99. The fraction of sp³-hybridized carbons (Fsp3) is 0.533. The van der Waals surface area contributed by atoms with E-state index in [2.05, 4.69) is 10.6 Å². The number of rotatable bonds is 6. The molecule has 1 saturated heterocycles. The maximum Gasteiger partial charge on any atom is 0.319 e. The Labute approximate surface area is 134 Å². The smallest absolute Gasteiger partial charge is 0.319 e. The van der Waals surface area contributed by atoms with Crippen LogP contribution >= 0.6 is 11.8 Å². The summed E-state index contributed by atoms with van der Waals surface area (Å²) in [5.41, 5.74) is 0.298. The molecule has 0 bridgehead atoms. The molecule has 122 valence electrons.